The normalized spacial score (nSPS) is 11.7. The number of H-pyrrole nitrogens is 1. The minimum atomic E-state index is -0.470. The minimum Gasteiger partial charge on any atom is -0.456 e. The van der Waals surface area contributed by atoms with Gasteiger partial charge in [0.1, 0.15) is 5.60 Å². The van der Waals surface area contributed by atoms with E-state index in [1.807, 2.05) is 26.8 Å². The Kier molecular flexibility index (Phi) is 2.42. The third-order valence-electron chi connectivity index (χ3n) is 2.07. The second-order valence-corrected chi connectivity index (χ2v) is 4.67. The Hall–Kier alpha value is -1.84. The zero-order chi connectivity index (χ0) is 11.8. The smallest absolute Gasteiger partial charge is 0.338 e. The molecule has 0 aliphatic carbocycles. The zero-order valence-corrected chi connectivity index (χ0v) is 9.57. The Morgan fingerprint density at radius 1 is 1.38 bits per heavy atom. The maximum absolute atomic E-state index is 11.8. The summed E-state index contributed by atoms with van der Waals surface area (Å²) in [7, 11) is 0. The SMILES string of the molecule is CC(C)(C)OC(=O)c1ccc2[nH]ncc2c1. The van der Waals surface area contributed by atoms with Crippen molar-refractivity contribution in [1.82, 2.24) is 10.2 Å². The van der Waals surface area contributed by atoms with Crippen LogP contribution in [0, 0.1) is 0 Å². The van der Waals surface area contributed by atoms with Crippen molar-refractivity contribution in [3.8, 4) is 0 Å². The highest BCUT2D eigenvalue weighted by Crippen LogP contribution is 2.16. The van der Waals surface area contributed by atoms with Crippen molar-refractivity contribution in [3.63, 3.8) is 0 Å². The fourth-order valence-corrected chi connectivity index (χ4v) is 1.41. The molecular formula is C12H14N2O2. The molecular weight excluding hydrogens is 204 g/mol. The van der Waals surface area contributed by atoms with Crippen molar-refractivity contribution in [3.05, 3.63) is 30.0 Å². The predicted molar refractivity (Wildman–Crippen MR) is 61.3 cm³/mol. The van der Waals surface area contributed by atoms with Crippen molar-refractivity contribution in [2.75, 3.05) is 0 Å². The summed E-state index contributed by atoms with van der Waals surface area (Å²) in [6.07, 6.45) is 1.68. The molecule has 1 N–H and O–H groups in total. The first kappa shape index (κ1) is 10.7. The van der Waals surface area contributed by atoms with Crippen molar-refractivity contribution < 1.29 is 9.53 Å². The molecule has 0 aliphatic rings. The second kappa shape index (κ2) is 3.63. The van der Waals surface area contributed by atoms with Crippen LogP contribution in [0.3, 0.4) is 0 Å². The van der Waals surface area contributed by atoms with E-state index in [0.29, 0.717) is 5.56 Å². The van der Waals surface area contributed by atoms with Gasteiger partial charge in [0, 0.05) is 5.39 Å². The van der Waals surface area contributed by atoms with E-state index in [-0.39, 0.29) is 5.97 Å². The van der Waals surface area contributed by atoms with Crippen LogP contribution in [-0.4, -0.2) is 21.8 Å². The largest absolute Gasteiger partial charge is 0.456 e. The van der Waals surface area contributed by atoms with Gasteiger partial charge in [-0.15, -0.1) is 0 Å². The number of fused-ring (bicyclic) bond motifs is 1. The van der Waals surface area contributed by atoms with Crippen LogP contribution in [-0.2, 0) is 4.74 Å². The average Bonchev–Trinajstić information content (AvgIpc) is 2.61. The Morgan fingerprint density at radius 3 is 2.81 bits per heavy atom. The number of rotatable bonds is 1. The quantitative estimate of drug-likeness (QED) is 0.748. The first-order chi connectivity index (χ1) is 7.46. The molecule has 0 aliphatic heterocycles. The highest BCUT2D eigenvalue weighted by atomic mass is 16.6. The molecule has 0 fully saturated rings. The Morgan fingerprint density at radius 2 is 2.12 bits per heavy atom. The van der Waals surface area contributed by atoms with E-state index < -0.39 is 5.60 Å². The summed E-state index contributed by atoms with van der Waals surface area (Å²) in [5.41, 5.74) is 0.985. The third kappa shape index (κ3) is 2.21. The Labute approximate surface area is 93.6 Å². The summed E-state index contributed by atoms with van der Waals surface area (Å²) in [6.45, 7) is 5.55. The van der Waals surface area contributed by atoms with Crippen LogP contribution in [0.1, 0.15) is 31.1 Å². The van der Waals surface area contributed by atoms with Gasteiger partial charge in [0.15, 0.2) is 0 Å². The van der Waals surface area contributed by atoms with Crippen molar-refractivity contribution in [2.45, 2.75) is 26.4 Å². The van der Waals surface area contributed by atoms with Crippen LogP contribution in [0.5, 0.6) is 0 Å². The summed E-state index contributed by atoms with van der Waals surface area (Å²) >= 11 is 0. The van der Waals surface area contributed by atoms with Crippen molar-refractivity contribution in [1.29, 1.82) is 0 Å². The molecule has 0 spiro atoms. The first-order valence-electron chi connectivity index (χ1n) is 5.12. The lowest BCUT2D eigenvalue weighted by Crippen LogP contribution is -2.23. The fraction of sp³-hybridized carbons (Fsp3) is 0.333. The third-order valence-corrected chi connectivity index (χ3v) is 2.07. The minimum absolute atomic E-state index is 0.310. The molecule has 0 atom stereocenters. The lowest BCUT2D eigenvalue weighted by molar-refractivity contribution is 0.00697. The molecule has 1 heterocycles. The van der Waals surface area contributed by atoms with Gasteiger partial charge in [-0.25, -0.2) is 4.79 Å². The maximum atomic E-state index is 11.8. The number of benzene rings is 1. The molecule has 16 heavy (non-hydrogen) atoms. The van der Waals surface area contributed by atoms with Crippen LogP contribution < -0.4 is 0 Å². The number of carbonyl (C=O) groups is 1. The lowest BCUT2D eigenvalue weighted by Gasteiger charge is -2.19. The van der Waals surface area contributed by atoms with Gasteiger partial charge in [0.05, 0.1) is 17.3 Å². The molecule has 4 heteroatoms. The molecule has 1 aromatic carbocycles. The highest BCUT2D eigenvalue weighted by Gasteiger charge is 2.17. The molecule has 2 rings (SSSR count). The predicted octanol–water partition coefficient (Wildman–Crippen LogP) is 2.52. The molecule has 0 bridgehead atoms. The Balaban J connectivity index is 2.29. The maximum Gasteiger partial charge on any atom is 0.338 e. The van der Waals surface area contributed by atoms with Crippen LogP contribution in [0.25, 0.3) is 10.9 Å². The van der Waals surface area contributed by atoms with Gasteiger partial charge in [0.2, 0.25) is 0 Å². The molecule has 0 unspecified atom stereocenters. The standard InChI is InChI=1S/C12H14N2O2/c1-12(2,3)16-11(15)8-4-5-10-9(6-8)7-13-14-10/h4-7H,1-3H3,(H,13,14). The van der Waals surface area contributed by atoms with E-state index in [4.69, 9.17) is 4.74 Å². The Bertz CT molecular complexity index is 523. The number of hydrogen-bond donors (Lipinski definition) is 1. The number of esters is 1. The van der Waals surface area contributed by atoms with Gasteiger partial charge in [-0.1, -0.05) is 0 Å². The van der Waals surface area contributed by atoms with Gasteiger partial charge < -0.3 is 4.74 Å². The van der Waals surface area contributed by atoms with Crippen molar-refractivity contribution >= 4 is 16.9 Å². The van der Waals surface area contributed by atoms with Gasteiger partial charge in [-0.05, 0) is 39.0 Å². The average molecular weight is 218 g/mol. The number of ether oxygens (including phenoxy) is 1. The molecule has 0 saturated carbocycles. The number of hydrogen-bond acceptors (Lipinski definition) is 3. The molecule has 4 nitrogen and oxygen atoms in total. The van der Waals surface area contributed by atoms with Crippen LogP contribution in [0.15, 0.2) is 24.4 Å². The van der Waals surface area contributed by atoms with E-state index in [9.17, 15) is 4.79 Å². The van der Waals surface area contributed by atoms with Crippen molar-refractivity contribution in [2.24, 2.45) is 0 Å². The van der Waals surface area contributed by atoms with E-state index in [1.165, 1.54) is 0 Å². The lowest BCUT2D eigenvalue weighted by atomic mass is 10.1. The van der Waals surface area contributed by atoms with Crippen LogP contribution in [0.2, 0.25) is 0 Å². The van der Waals surface area contributed by atoms with E-state index in [2.05, 4.69) is 10.2 Å². The number of nitrogens with zero attached hydrogens (tertiary/aromatic N) is 1. The van der Waals surface area contributed by atoms with E-state index in [1.54, 1.807) is 18.3 Å². The summed E-state index contributed by atoms with van der Waals surface area (Å²) in [5.74, 6) is -0.310. The molecule has 0 saturated heterocycles. The molecule has 2 aromatic rings. The van der Waals surface area contributed by atoms with Crippen LogP contribution >= 0.6 is 0 Å². The second-order valence-electron chi connectivity index (χ2n) is 4.67. The van der Waals surface area contributed by atoms with E-state index in [0.717, 1.165) is 10.9 Å². The molecule has 84 valence electrons. The van der Waals surface area contributed by atoms with E-state index >= 15 is 0 Å². The highest BCUT2D eigenvalue weighted by molar-refractivity contribution is 5.94. The fourth-order valence-electron chi connectivity index (χ4n) is 1.41. The first-order valence-corrected chi connectivity index (χ1v) is 5.12. The number of nitrogens with one attached hydrogen (secondary N) is 1. The molecule has 1 aromatic heterocycles. The topological polar surface area (TPSA) is 55.0 Å². The summed E-state index contributed by atoms with van der Waals surface area (Å²) in [5, 5.41) is 7.64. The summed E-state index contributed by atoms with van der Waals surface area (Å²) < 4.78 is 5.28. The molecule has 0 radical (unpaired) electrons. The van der Waals surface area contributed by atoms with Gasteiger partial charge >= 0.3 is 5.97 Å². The van der Waals surface area contributed by atoms with Gasteiger partial charge in [0.25, 0.3) is 0 Å². The monoisotopic (exact) mass is 218 g/mol. The number of aromatic amines is 1. The zero-order valence-electron chi connectivity index (χ0n) is 9.57. The number of carbonyl (C=O) groups excluding carboxylic acids is 1. The molecule has 0 amide bonds. The summed E-state index contributed by atoms with van der Waals surface area (Å²) in [6, 6.07) is 5.32. The van der Waals surface area contributed by atoms with Gasteiger partial charge in [-0.3, -0.25) is 5.10 Å². The number of aromatic nitrogens is 2. The summed E-state index contributed by atoms with van der Waals surface area (Å²) in [4.78, 5) is 11.8. The van der Waals surface area contributed by atoms with Gasteiger partial charge in [-0.2, -0.15) is 5.10 Å². The van der Waals surface area contributed by atoms with Crippen LogP contribution in [0.4, 0.5) is 0 Å².